The Morgan fingerprint density at radius 3 is 2.88 bits per heavy atom. The third-order valence-corrected chi connectivity index (χ3v) is 4.60. The molecule has 0 spiro atoms. The van der Waals surface area contributed by atoms with Crippen LogP contribution in [0.25, 0.3) is 0 Å². The molecule has 24 heavy (non-hydrogen) atoms. The van der Waals surface area contributed by atoms with Gasteiger partial charge in [-0.15, -0.1) is 0 Å². The summed E-state index contributed by atoms with van der Waals surface area (Å²) in [5.41, 5.74) is 0.999. The van der Waals surface area contributed by atoms with Gasteiger partial charge in [-0.25, -0.2) is 0 Å². The first-order chi connectivity index (χ1) is 11.8. The average molecular weight is 335 g/mol. The van der Waals surface area contributed by atoms with Crippen molar-refractivity contribution in [2.24, 2.45) is 4.99 Å². The van der Waals surface area contributed by atoms with Gasteiger partial charge in [-0.3, -0.25) is 9.89 Å². The van der Waals surface area contributed by atoms with Crippen molar-refractivity contribution in [2.75, 3.05) is 45.9 Å². The van der Waals surface area contributed by atoms with Crippen LogP contribution >= 0.6 is 0 Å². The Hall–Kier alpha value is -1.60. The number of aliphatic imine (C=N–C) groups is 1. The van der Waals surface area contributed by atoms with Gasteiger partial charge in [0.25, 0.3) is 0 Å². The largest absolute Gasteiger partial charge is 0.376 e. The first-order valence-electron chi connectivity index (χ1n) is 9.11. The lowest BCUT2D eigenvalue weighted by molar-refractivity contribution is 0.0222. The van der Waals surface area contributed by atoms with Crippen molar-refractivity contribution < 1.29 is 9.26 Å². The van der Waals surface area contributed by atoms with Crippen molar-refractivity contribution in [1.29, 1.82) is 0 Å². The normalized spacial score (nSPS) is 23.5. The number of hydrogen-bond acceptors (Lipinski definition) is 5. The zero-order valence-electron chi connectivity index (χ0n) is 14.6. The maximum Gasteiger partial charge on any atom is 0.194 e. The second kappa shape index (κ2) is 9.03. The highest BCUT2D eigenvalue weighted by Gasteiger charge is 2.21. The van der Waals surface area contributed by atoms with Crippen molar-refractivity contribution in [3.63, 3.8) is 0 Å². The Morgan fingerprint density at radius 1 is 1.33 bits per heavy atom. The van der Waals surface area contributed by atoms with Crippen LogP contribution in [0.3, 0.4) is 0 Å². The van der Waals surface area contributed by atoms with Gasteiger partial charge >= 0.3 is 0 Å². The minimum atomic E-state index is 0.292. The Labute approximate surface area is 144 Å². The topological polar surface area (TPSA) is 66.1 Å². The van der Waals surface area contributed by atoms with E-state index in [-0.39, 0.29) is 0 Å². The first kappa shape index (κ1) is 17.2. The van der Waals surface area contributed by atoms with Crippen LogP contribution in [0.5, 0.6) is 0 Å². The molecule has 1 unspecified atom stereocenters. The van der Waals surface area contributed by atoms with Gasteiger partial charge in [-0.05, 0) is 26.2 Å². The van der Waals surface area contributed by atoms with Gasteiger partial charge in [0.15, 0.2) is 5.96 Å². The molecule has 0 aromatic carbocycles. The molecule has 134 valence electrons. The molecule has 7 heteroatoms. The molecule has 0 radical (unpaired) electrons. The number of hydrogen-bond donors (Lipinski definition) is 1. The summed E-state index contributed by atoms with van der Waals surface area (Å²) in [7, 11) is 0. The molecule has 2 aliphatic heterocycles. The van der Waals surface area contributed by atoms with Crippen LogP contribution in [0, 0.1) is 0 Å². The summed E-state index contributed by atoms with van der Waals surface area (Å²) in [5, 5.41) is 7.42. The lowest BCUT2D eigenvalue weighted by Crippen LogP contribution is -2.52. The van der Waals surface area contributed by atoms with E-state index < -0.39 is 0 Å². The second-order valence-corrected chi connectivity index (χ2v) is 6.44. The predicted octanol–water partition coefficient (Wildman–Crippen LogP) is 1.33. The molecule has 0 amide bonds. The Morgan fingerprint density at radius 2 is 2.21 bits per heavy atom. The van der Waals surface area contributed by atoms with Crippen molar-refractivity contribution >= 4 is 5.96 Å². The van der Waals surface area contributed by atoms with Crippen LogP contribution < -0.4 is 5.32 Å². The van der Waals surface area contributed by atoms with E-state index in [2.05, 4.69) is 27.2 Å². The van der Waals surface area contributed by atoms with Crippen molar-refractivity contribution in [3.05, 3.63) is 18.0 Å². The molecule has 2 fully saturated rings. The van der Waals surface area contributed by atoms with Gasteiger partial charge in [-0.1, -0.05) is 5.16 Å². The van der Waals surface area contributed by atoms with Gasteiger partial charge in [-0.2, -0.15) is 0 Å². The molecule has 0 bridgehead atoms. The molecule has 0 aliphatic carbocycles. The first-order valence-corrected chi connectivity index (χ1v) is 9.11. The van der Waals surface area contributed by atoms with E-state index in [9.17, 15) is 0 Å². The Bertz CT molecular complexity index is 491. The minimum Gasteiger partial charge on any atom is -0.376 e. The van der Waals surface area contributed by atoms with Crippen LogP contribution in [-0.2, 0) is 11.3 Å². The molecule has 3 heterocycles. The van der Waals surface area contributed by atoms with E-state index in [1.807, 2.05) is 6.07 Å². The third-order valence-electron chi connectivity index (χ3n) is 4.60. The molecule has 2 saturated heterocycles. The summed E-state index contributed by atoms with van der Waals surface area (Å²) in [6.45, 7) is 9.50. The van der Waals surface area contributed by atoms with Crippen LogP contribution in [0.4, 0.5) is 0 Å². The molecule has 3 rings (SSSR count). The van der Waals surface area contributed by atoms with Gasteiger partial charge in [0.1, 0.15) is 6.26 Å². The molecule has 2 aliphatic rings. The lowest BCUT2D eigenvalue weighted by Gasteiger charge is -2.36. The smallest absolute Gasteiger partial charge is 0.194 e. The Kier molecular flexibility index (Phi) is 6.48. The summed E-state index contributed by atoms with van der Waals surface area (Å²) in [4.78, 5) is 9.58. The highest BCUT2D eigenvalue weighted by Crippen LogP contribution is 2.13. The maximum atomic E-state index is 5.79. The number of aromatic nitrogens is 1. The molecule has 7 nitrogen and oxygen atoms in total. The van der Waals surface area contributed by atoms with E-state index >= 15 is 0 Å². The van der Waals surface area contributed by atoms with Crippen LogP contribution in [-0.4, -0.2) is 72.9 Å². The van der Waals surface area contributed by atoms with Crippen LogP contribution in [0.1, 0.15) is 31.9 Å². The molecular formula is C17H29N5O2. The van der Waals surface area contributed by atoms with Crippen LogP contribution in [0.2, 0.25) is 0 Å². The number of rotatable bonds is 5. The third kappa shape index (κ3) is 4.95. The van der Waals surface area contributed by atoms with E-state index in [1.165, 1.54) is 12.8 Å². The fourth-order valence-electron chi connectivity index (χ4n) is 3.23. The summed E-state index contributed by atoms with van der Waals surface area (Å²) >= 11 is 0. The Balaban J connectivity index is 1.49. The second-order valence-electron chi connectivity index (χ2n) is 6.44. The van der Waals surface area contributed by atoms with E-state index in [0.29, 0.717) is 6.10 Å². The van der Waals surface area contributed by atoms with Gasteiger partial charge in [0.2, 0.25) is 0 Å². The summed E-state index contributed by atoms with van der Waals surface area (Å²) in [6.07, 6.45) is 5.51. The lowest BCUT2D eigenvalue weighted by atomic mass is 10.1. The molecular weight excluding hydrogens is 306 g/mol. The van der Waals surface area contributed by atoms with Gasteiger partial charge < -0.3 is 19.5 Å². The fourth-order valence-corrected chi connectivity index (χ4v) is 3.23. The number of piperazine rings is 1. The molecule has 1 N–H and O–H groups in total. The number of guanidine groups is 1. The van der Waals surface area contributed by atoms with Crippen molar-refractivity contribution in [3.8, 4) is 0 Å². The summed E-state index contributed by atoms with van der Waals surface area (Å²) < 4.78 is 10.7. The standard InChI is InChI=1S/C17H29N5O2/c1-2-18-17(19-13-16-5-3-4-11-23-16)22-9-7-21(8-10-22)14-15-6-12-24-20-15/h6,12,16H,2-5,7-11,13-14H2,1H3,(H,18,19). The fraction of sp³-hybridized carbons (Fsp3) is 0.765. The number of ether oxygens (including phenoxy) is 1. The quantitative estimate of drug-likeness (QED) is 0.647. The molecule has 1 atom stereocenters. The molecule has 0 saturated carbocycles. The zero-order valence-corrected chi connectivity index (χ0v) is 14.6. The number of nitrogens with zero attached hydrogens (tertiary/aromatic N) is 4. The van der Waals surface area contributed by atoms with Gasteiger partial charge in [0, 0.05) is 51.9 Å². The summed E-state index contributed by atoms with van der Waals surface area (Å²) in [6, 6.07) is 1.93. The van der Waals surface area contributed by atoms with Gasteiger partial charge in [0.05, 0.1) is 18.3 Å². The summed E-state index contributed by atoms with van der Waals surface area (Å²) in [5.74, 6) is 1.02. The highest BCUT2D eigenvalue weighted by atomic mass is 16.5. The van der Waals surface area contributed by atoms with E-state index in [1.54, 1.807) is 6.26 Å². The number of nitrogens with one attached hydrogen (secondary N) is 1. The average Bonchev–Trinajstić information content (AvgIpc) is 3.13. The zero-order chi connectivity index (χ0) is 16.6. The minimum absolute atomic E-state index is 0.292. The van der Waals surface area contributed by atoms with Crippen LogP contribution in [0.15, 0.2) is 21.8 Å². The van der Waals surface area contributed by atoms with E-state index in [0.717, 1.165) is 70.5 Å². The maximum absolute atomic E-state index is 5.79. The van der Waals surface area contributed by atoms with Crippen molar-refractivity contribution in [1.82, 2.24) is 20.3 Å². The predicted molar refractivity (Wildman–Crippen MR) is 92.9 cm³/mol. The molecule has 1 aromatic rings. The molecule has 1 aromatic heterocycles. The monoisotopic (exact) mass is 335 g/mol. The van der Waals surface area contributed by atoms with E-state index in [4.69, 9.17) is 14.3 Å². The SMILES string of the molecule is CCNC(=NCC1CCCCO1)N1CCN(Cc2ccon2)CC1. The van der Waals surface area contributed by atoms with Crippen molar-refractivity contribution in [2.45, 2.75) is 38.8 Å². The highest BCUT2D eigenvalue weighted by molar-refractivity contribution is 5.80.